The van der Waals surface area contributed by atoms with Gasteiger partial charge in [0.25, 0.3) is 0 Å². The minimum atomic E-state index is -0.923. The summed E-state index contributed by atoms with van der Waals surface area (Å²) in [7, 11) is 1.25. The molecule has 3 amide bonds. The lowest BCUT2D eigenvalue weighted by molar-refractivity contribution is -0.145. The number of hydrogen-bond acceptors (Lipinski definition) is 5. The Balaban J connectivity index is 1.78. The Kier molecular flexibility index (Phi) is 6.49. The molecule has 0 aliphatic rings. The molecule has 130 valence electrons. The van der Waals surface area contributed by atoms with Gasteiger partial charge in [0.1, 0.15) is 0 Å². The smallest absolute Gasteiger partial charge is 0.411 e. The Morgan fingerprint density at radius 1 is 0.840 bits per heavy atom. The van der Waals surface area contributed by atoms with E-state index in [4.69, 9.17) is 4.84 Å². The standard InChI is InChI=1S/C17H17N3O5/c1-24-17(23)19-14-9-7-13(8-10-14)18-15(21)16(22)20-25-11-12-5-3-2-4-6-12/h2-10H,11H2,1H3,(H,18,21)(H,19,23)(H,20,22). The van der Waals surface area contributed by atoms with E-state index in [1.165, 1.54) is 19.2 Å². The van der Waals surface area contributed by atoms with E-state index in [1.54, 1.807) is 12.1 Å². The van der Waals surface area contributed by atoms with Gasteiger partial charge in [0.05, 0.1) is 13.7 Å². The summed E-state index contributed by atoms with van der Waals surface area (Å²) in [5, 5.41) is 4.88. The fourth-order valence-corrected chi connectivity index (χ4v) is 1.80. The number of benzene rings is 2. The van der Waals surface area contributed by atoms with Crippen LogP contribution in [0.2, 0.25) is 0 Å². The Morgan fingerprint density at radius 2 is 1.44 bits per heavy atom. The maximum absolute atomic E-state index is 11.8. The average Bonchev–Trinajstić information content (AvgIpc) is 2.64. The van der Waals surface area contributed by atoms with Crippen molar-refractivity contribution >= 4 is 29.3 Å². The van der Waals surface area contributed by atoms with Gasteiger partial charge in [-0.3, -0.25) is 19.7 Å². The average molecular weight is 343 g/mol. The largest absolute Gasteiger partial charge is 0.453 e. The van der Waals surface area contributed by atoms with Gasteiger partial charge in [-0.15, -0.1) is 0 Å². The molecule has 3 N–H and O–H groups in total. The summed E-state index contributed by atoms with van der Waals surface area (Å²) >= 11 is 0. The number of rotatable bonds is 5. The molecule has 0 unspecified atom stereocenters. The van der Waals surface area contributed by atoms with Crippen LogP contribution in [0.4, 0.5) is 16.2 Å². The minimum absolute atomic E-state index is 0.147. The molecule has 0 aromatic heterocycles. The first-order chi connectivity index (χ1) is 12.1. The van der Waals surface area contributed by atoms with E-state index in [1.807, 2.05) is 30.3 Å². The summed E-state index contributed by atoms with van der Waals surface area (Å²) in [4.78, 5) is 39.5. The van der Waals surface area contributed by atoms with Gasteiger partial charge in [-0.05, 0) is 29.8 Å². The number of ether oxygens (including phenoxy) is 1. The summed E-state index contributed by atoms with van der Waals surface area (Å²) in [5.74, 6) is -1.80. The van der Waals surface area contributed by atoms with Crippen molar-refractivity contribution < 1.29 is 24.0 Å². The quantitative estimate of drug-likeness (QED) is 0.569. The Labute approximate surface area is 144 Å². The lowest BCUT2D eigenvalue weighted by atomic mass is 10.2. The zero-order valence-corrected chi connectivity index (χ0v) is 13.4. The number of methoxy groups -OCH3 is 1. The molecule has 0 spiro atoms. The van der Waals surface area contributed by atoms with Crippen LogP contribution in [0.5, 0.6) is 0 Å². The van der Waals surface area contributed by atoms with Crippen molar-refractivity contribution in [3.8, 4) is 0 Å². The number of hydrogen-bond donors (Lipinski definition) is 3. The zero-order valence-electron chi connectivity index (χ0n) is 13.4. The van der Waals surface area contributed by atoms with E-state index in [-0.39, 0.29) is 6.61 Å². The van der Waals surface area contributed by atoms with Gasteiger partial charge in [0.15, 0.2) is 0 Å². The number of hydroxylamine groups is 1. The number of anilines is 2. The van der Waals surface area contributed by atoms with Crippen LogP contribution in [-0.2, 0) is 25.8 Å². The highest BCUT2D eigenvalue weighted by molar-refractivity contribution is 6.39. The molecule has 0 fully saturated rings. The summed E-state index contributed by atoms with van der Waals surface area (Å²) in [5.41, 5.74) is 3.80. The first-order valence-electron chi connectivity index (χ1n) is 7.30. The summed E-state index contributed by atoms with van der Waals surface area (Å²) < 4.78 is 4.46. The molecule has 0 saturated heterocycles. The third kappa shape index (κ3) is 5.96. The van der Waals surface area contributed by atoms with E-state index < -0.39 is 17.9 Å². The molecule has 0 radical (unpaired) electrons. The number of amides is 3. The molecule has 8 nitrogen and oxygen atoms in total. The van der Waals surface area contributed by atoms with E-state index in [0.29, 0.717) is 11.4 Å². The normalized spacial score (nSPS) is 9.80. The Hall–Kier alpha value is -3.39. The van der Waals surface area contributed by atoms with E-state index >= 15 is 0 Å². The van der Waals surface area contributed by atoms with E-state index in [9.17, 15) is 14.4 Å². The number of carbonyl (C=O) groups is 3. The number of nitrogens with one attached hydrogen (secondary N) is 3. The molecule has 0 heterocycles. The highest BCUT2D eigenvalue weighted by atomic mass is 16.7. The van der Waals surface area contributed by atoms with Crippen LogP contribution in [0, 0.1) is 0 Å². The van der Waals surface area contributed by atoms with Crippen molar-refractivity contribution in [2.24, 2.45) is 0 Å². The molecule has 0 bridgehead atoms. The summed E-state index contributed by atoms with van der Waals surface area (Å²) in [6.07, 6.45) is -0.605. The van der Waals surface area contributed by atoms with Crippen LogP contribution >= 0.6 is 0 Å². The third-order valence-corrected chi connectivity index (χ3v) is 3.03. The maximum Gasteiger partial charge on any atom is 0.411 e. The SMILES string of the molecule is COC(=O)Nc1ccc(NC(=O)C(=O)NOCc2ccccc2)cc1. The van der Waals surface area contributed by atoms with Gasteiger partial charge < -0.3 is 10.1 Å². The number of carbonyl (C=O) groups excluding carboxylic acids is 3. The third-order valence-electron chi connectivity index (χ3n) is 3.03. The van der Waals surface area contributed by atoms with Crippen LogP contribution in [0.3, 0.4) is 0 Å². The van der Waals surface area contributed by atoms with Crippen LogP contribution in [0.15, 0.2) is 54.6 Å². The molecule has 0 aliphatic heterocycles. The predicted octanol–water partition coefficient (Wildman–Crippen LogP) is 2.05. The van der Waals surface area contributed by atoms with E-state index in [0.717, 1.165) is 5.56 Å². The molecule has 2 aromatic rings. The first kappa shape index (κ1) is 18.0. The van der Waals surface area contributed by atoms with Gasteiger partial charge >= 0.3 is 17.9 Å². The molecule has 25 heavy (non-hydrogen) atoms. The van der Waals surface area contributed by atoms with Gasteiger partial charge in [-0.2, -0.15) is 0 Å². The van der Waals surface area contributed by atoms with Crippen LogP contribution < -0.4 is 16.1 Å². The monoisotopic (exact) mass is 343 g/mol. The predicted molar refractivity (Wildman–Crippen MR) is 90.5 cm³/mol. The molecule has 8 heteroatoms. The first-order valence-corrected chi connectivity index (χ1v) is 7.30. The van der Waals surface area contributed by atoms with Crippen molar-refractivity contribution in [3.63, 3.8) is 0 Å². The van der Waals surface area contributed by atoms with Crippen molar-refractivity contribution in [2.75, 3.05) is 17.7 Å². The lowest BCUT2D eigenvalue weighted by Gasteiger charge is -2.08. The molecular weight excluding hydrogens is 326 g/mol. The minimum Gasteiger partial charge on any atom is -0.453 e. The Bertz CT molecular complexity index is 732. The molecule has 0 aliphatic carbocycles. The summed E-state index contributed by atoms with van der Waals surface area (Å²) in [6.45, 7) is 0.147. The zero-order chi connectivity index (χ0) is 18.1. The van der Waals surface area contributed by atoms with E-state index in [2.05, 4.69) is 20.9 Å². The second-order valence-electron chi connectivity index (χ2n) is 4.85. The molecular formula is C17H17N3O5. The van der Waals surface area contributed by atoms with Crippen LogP contribution in [0.1, 0.15) is 5.56 Å². The van der Waals surface area contributed by atoms with Gasteiger partial charge in [-0.1, -0.05) is 30.3 Å². The van der Waals surface area contributed by atoms with Crippen molar-refractivity contribution in [1.82, 2.24) is 5.48 Å². The van der Waals surface area contributed by atoms with Crippen LogP contribution in [0.25, 0.3) is 0 Å². The molecule has 2 rings (SSSR count). The summed E-state index contributed by atoms with van der Waals surface area (Å²) in [6, 6.07) is 15.4. The molecule has 0 atom stereocenters. The molecule has 0 saturated carbocycles. The highest BCUT2D eigenvalue weighted by Gasteiger charge is 2.14. The topological polar surface area (TPSA) is 106 Å². The van der Waals surface area contributed by atoms with Gasteiger partial charge in [0, 0.05) is 11.4 Å². The highest BCUT2D eigenvalue weighted by Crippen LogP contribution is 2.13. The van der Waals surface area contributed by atoms with Crippen molar-refractivity contribution in [2.45, 2.75) is 6.61 Å². The second-order valence-corrected chi connectivity index (χ2v) is 4.85. The molecule has 2 aromatic carbocycles. The van der Waals surface area contributed by atoms with Crippen molar-refractivity contribution in [3.05, 3.63) is 60.2 Å². The second kappa shape index (κ2) is 9.04. The van der Waals surface area contributed by atoms with Crippen LogP contribution in [-0.4, -0.2) is 25.0 Å². The Morgan fingerprint density at radius 3 is 2.04 bits per heavy atom. The van der Waals surface area contributed by atoms with Gasteiger partial charge in [-0.25, -0.2) is 10.3 Å². The maximum atomic E-state index is 11.8. The van der Waals surface area contributed by atoms with Gasteiger partial charge in [0.2, 0.25) is 0 Å². The lowest BCUT2D eigenvalue weighted by Crippen LogP contribution is -2.35. The fraction of sp³-hybridized carbons (Fsp3) is 0.118. The van der Waals surface area contributed by atoms with Crippen molar-refractivity contribution in [1.29, 1.82) is 0 Å². The fourth-order valence-electron chi connectivity index (χ4n) is 1.80.